The van der Waals surface area contributed by atoms with Gasteiger partial charge in [-0.05, 0) is 56.0 Å². The van der Waals surface area contributed by atoms with Gasteiger partial charge < -0.3 is 14.9 Å². The number of aliphatic carboxylic acids is 1. The Morgan fingerprint density at radius 3 is 2.44 bits per heavy atom. The smallest absolute Gasteiger partial charge is 0.303 e. The zero-order valence-electron chi connectivity index (χ0n) is 15.6. The molecule has 148 valence electrons. The number of hydrogen-bond acceptors (Lipinski definition) is 4. The van der Waals surface area contributed by atoms with E-state index in [-0.39, 0.29) is 18.1 Å². The van der Waals surface area contributed by atoms with Gasteiger partial charge in [-0.2, -0.15) is 0 Å². The number of anilines is 1. The number of hydrogen-bond donors (Lipinski definition) is 1. The van der Waals surface area contributed by atoms with E-state index in [1.807, 2.05) is 4.90 Å². The summed E-state index contributed by atoms with van der Waals surface area (Å²) in [5.41, 5.74) is 0.987. The number of piperazine rings is 1. The number of benzene rings is 1. The van der Waals surface area contributed by atoms with Crippen molar-refractivity contribution in [2.75, 3.05) is 50.7 Å². The van der Waals surface area contributed by atoms with Crippen LogP contribution in [0.2, 0.25) is 0 Å². The van der Waals surface area contributed by atoms with Crippen LogP contribution >= 0.6 is 0 Å². The molecule has 1 aromatic rings. The van der Waals surface area contributed by atoms with Crippen LogP contribution in [-0.2, 0) is 9.59 Å². The standard InChI is InChI=1S/C20H28FN3O3/c21-17-4-6-18(7-5-17)23-10-12-24(13-11-23)19(25)15-22-9-1-2-16(14-22)3-8-20(26)27/h4-7,16H,1-3,8-15H2,(H,26,27). The normalized spacial score (nSPS) is 21.3. The average molecular weight is 377 g/mol. The molecule has 0 radical (unpaired) electrons. The molecule has 3 rings (SSSR count). The first-order valence-corrected chi connectivity index (χ1v) is 9.73. The lowest BCUT2D eigenvalue weighted by atomic mass is 9.93. The molecule has 27 heavy (non-hydrogen) atoms. The van der Waals surface area contributed by atoms with Gasteiger partial charge in [0.05, 0.1) is 6.54 Å². The van der Waals surface area contributed by atoms with Gasteiger partial charge in [-0.15, -0.1) is 0 Å². The van der Waals surface area contributed by atoms with Gasteiger partial charge in [0.25, 0.3) is 0 Å². The Balaban J connectivity index is 1.43. The Bertz CT molecular complexity index is 644. The Morgan fingerprint density at radius 2 is 1.78 bits per heavy atom. The molecule has 2 fully saturated rings. The molecule has 6 nitrogen and oxygen atoms in total. The van der Waals surface area contributed by atoms with Crippen LogP contribution in [0, 0.1) is 11.7 Å². The fraction of sp³-hybridized carbons (Fsp3) is 0.600. The number of carbonyl (C=O) groups excluding carboxylic acids is 1. The quantitative estimate of drug-likeness (QED) is 0.822. The first-order chi connectivity index (χ1) is 13.0. The number of carboxylic acid groups (broad SMARTS) is 1. The van der Waals surface area contributed by atoms with E-state index in [0.717, 1.165) is 44.7 Å². The molecule has 2 aliphatic rings. The highest BCUT2D eigenvalue weighted by atomic mass is 19.1. The molecule has 7 heteroatoms. The maximum atomic E-state index is 13.1. The van der Waals surface area contributed by atoms with Crippen molar-refractivity contribution >= 4 is 17.6 Å². The molecule has 1 amide bonds. The second kappa shape index (κ2) is 9.17. The molecule has 1 N–H and O–H groups in total. The van der Waals surface area contributed by atoms with Crippen LogP contribution in [0.15, 0.2) is 24.3 Å². The van der Waals surface area contributed by atoms with Crippen LogP contribution < -0.4 is 4.90 Å². The molecule has 2 heterocycles. The van der Waals surface area contributed by atoms with Crippen molar-refractivity contribution in [1.29, 1.82) is 0 Å². The summed E-state index contributed by atoms with van der Waals surface area (Å²) in [6, 6.07) is 6.48. The van der Waals surface area contributed by atoms with E-state index in [2.05, 4.69) is 9.80 Å². The van der Waals surface area contributed by atoms with E-state index in [0.29, 0.717) is 32.0 Å². The summed E-state index contributed by atoms with van der Waals surface area (Å²) in [7, 11) is 0. The van der Waals surface area contributed by atoms with E-state index >= 15 is 0 Å². The molecular weight excluding hydrogens is 349 g/mol. The van der Waals surface area contributed by atoms with Crippen LogP contribution in [0.5, 0.6) is 0 Å². The summed E-state index contributed by atoms with van der Waals surface area (Å²) < 4.78 is 13.1. The van der Waals surface area contributed by atoms with Gasteiger partial charge in [-0.3, -0.25) is 14.5 Å². The van der Waals surface area contributed by atoms with Gasteiger partial charge in [0.2, 0.25) is 5.91 Å². The summed E-state index contributed by atoms with van der Waals surface area (Å²) in [4.78, 5) is 29.7. The Hall–Kier alpha value is -2.15. The fourth-order valence-corrected chi connectivity index (χ4v) is 4.02. The Labute approximate surface area is 159 Å². The Kier molecular flexibility index (Phi) is 6.66. The second-order valence-electron chi connectivity index (χ2n) is 7.52. The van der Waals surface area contributed by atoms with E-state index in [4.69, 9.17) is 5.11 Å². The van der Waals surface area contributed by atoms with E-state index < -0.39 is 5.97 Å². The monoisotopic (exact) mass is 377 g/mol. The van der Waals surface area contributed by atoms with Gasteiger partial charge >= 0.3 is 5.97 Å². The third-order valence-corrected chi connectivity index (χ3v) is 5.55. The predicted molar refractivity (Wildman–Crippen MR) is 101 cm³/mol. The topological polar surface area (TPSA) is 64.1 Å². The Morgan fingerprint density at radius 1 is 1.07 bits per heavy atom. The SMILES string of the molecule is O=C(O)CCC1CCCN(CC(=O)N2CCN(c3ccc(F)cc3)CC2)C1. The zero-order chi connectivity index (χ0) is 19.2. The van der Waals surface area contributed by atoms with Crippen LogP contribution in [0.25, 0.3) is 0 Å². The molecule has 2 saturated heterocycles. The zero-order valence-corrected chi connectivity index (χ0v) is 15.6. The minimum atomic E-state index is -0.748. The lowest BCUT2D eigenvalue weighted by molar-refractivity contribution is -0.138. The molecule has 1 aromatic carbocycles. The van der Waals surface area contributed by atoms with Crippen molar-refractivity contribution in [2.45, 2.75) is 25.7 Å². The highest BCUT2D eigenvalue weighted by molar-refractivity contribution is 5.78. The molecule has 1 atom stereocenters. The van der Waals surface area contributed by atoms with Crippen molar-refractivity contribution in [2.24, 2.45) is 5.92 Å². The first kappa shape index (κ1) is 19.6. The van der Waals surface area contributed by atoms with Gasteiger partial charge in [-0.1, -0.05) is 0 Å². The van der Waals surface area contributed by atoms with Crippen LogP contribution in [0.3, 0.4) is 0 Å². The molecule has 1 unspecified atom stereocenters. The molecule has 0 spiro atoms. The number of halogens is 1. The predicted octanol–water partition coefficient (Wildman–Crippen LogP) is 2.05. The van der Waals surface area contributed by atoms with E-state index in [9.17, 15) is 14.0 Å². The summed E-state index contributed by atoms with van der Waals surface area (Å²) in [6.45, 7) is 4.98. The number of nitrogens with zero attached hydrogens (tertiary/aromatic N) is 3. The molecular formula is C20H28FN3O3. The van der Waals surface area contributed by atoms with E-state index in [1.165, 1.54) is 12.1 Å². The van der Waals surface area contributed by atoms with E-state index in [1.54, 1.807) is 12.1 Å². The van der Waals surface area contributed by atoms with Crippen molar-refractivity contribution in [1.82, 2.24) is 9.80 Å². The number of carbonyl (C=O) groups is 2. The average Bonchev–Trinajstić information content (AvgIpc) is 2.67. The summed E-state index contributed by atoms with van der Waals surface area (Å²) in [5.74, 6) is -0.469. The van der Waals surface area contributed by atoms with Crippen molar-refractivity contribution in [3.05, 3.63) is 30.1 Å². The lowest BCUT2D eigenvalue weighted by Gasteiger charge is -2.38. The number of carboxylic acids is 1. The number of piperidine rings is 1. The third-order valence-electron chi connectivity index (χ3n) is 5.55. The van der Waals surface area contributed by atoms with Crippen molar-refractivity contribution < 1.29 is 19.1 Å². The highest BCUT2D eigenvalue weighted by Gasteiger charge is 2.26. The van der Waals surface area contributed by atoms with Crippen LogP contribution in [0.4, 0.5) is 10.1 Å². The van der Waals surface area contributed by atoms with Crippen molar-refractivity contribution in [3.63, 3.8) is 0 Å². The minimum absolute atomic E-state index is 0.146. The maximum Gasteiger partial charge on any atom is 0.303 e. The number of amides is 1. The molecule has 2 aliphatic heterocycles. The maximum absolute atomic E-state index is 13.1. The lowest BCUT2D eigenvalue weighted by Crippen LogP contribution is -2.52. The van der Waals surface area contributed by atoms with Gasteiger partial charge in [-0.25, -0.2) is 4.39 Å². The van der Waals surface area contributed by atoms with Crippen LogP contribution in [-0.4, -0.2) is 72.6 Å². The molecule has 0 bridgehead atoms. The molecule has 0 aromatic heterocycles. The minimum Gasteiger partial charge on any atom is -0.481 e. The summed E-state index contributed by atoms with van der Waals surface area (Å²) >= 11 is 0. The van der Waals surface area contributed by atoms with Crippen LogP contribution in [0.1, 0.15) is 25.7 Å². The van der Waals surface area contributed by atoms with Crippen molar-refractivity contribution in [3.8, 4) is 0 Å². The first-order valence-electron chi connectivity index (χ1n) is 9.73. The number of rotatable bonds is 6. The largest absolute Gasteiger partial charge is 0.481 e. The van der Waals surface area contributed by atoms with Gasteiger partial charge in [0, 0.05) is 44.8 Å². The highest BCUT2D eigenvalue weighted by Crippen LogP contribution is 2.21. The van der Waals surface area contributed by atoms with Gasteiger partial charge in [0.1, 0.15) is 5.82 Å². The molecule has 0 saturated carbocycles. The molecule has 0 aliphatic carbocycles. The fourth-order valence-electron chi connectivity index (χ4n) is 4.02. The van der Waals surface area contributed by atoms with Gasteiger partial charge in [0.15, 0.2) is 0 Å². The summed E-state index contributed by atoms with van der Waals surface area (Å²) in [6.07, 6.45) is 2.97. The number of likely N-dealkylation sites (tertiary alicyclic amines) is 1. The second-order valence-corrected chi connectivity index (χ2v) is 7.52. The summed E-state index contributed by atoms with van der Waals surface area (Å²) in [5, 5.41) is 8.85. The third kappa shape index (κ3) is 5.66.